The van der Waals surface area contributed by atoms with Gasteiger partial charge < -0.3 is 5.73 Å². The SMILES string of the molecule is NC(=O)c1ccc(-n2cccn2)cc1Br. The molecule has 0 aliphatic rings. The fourth-order valence-corrected chi connectivity index (χ4v) is 1.83. The van der Waals surface area contributed by atoms with Gasteiger partial charge in [0.25, 0.3) is 0 Å². The van der Waals surface area contributed by atoms with Crippen LogP contribution in [0.2, 0.25) is 0 Å². The van der Waals surface area contributed by atoms with Crippen LogP contribution in [-0.4, -0.2) is 15.7 Å². The minimum absolute atomic E-state index is 0.450. The molecule has 0 saturated carbocycles. The third kappa shape index (κ3) is 1.92. The molecule has 5 heteroatoms. The summed E-state index contributed by atoms with van der Waals surface area (Å²) in [6, 6.07) is 7.09. The minimum Gasteiger partial charge on any atom is -0.366 e. The largest absolute Gasteiger partial charge is 0.366 e. The van der Waals surface area contributed by atoms with E-state index >= 15 is 0 Å². The lowest BCUT2D eigenvalue weighted by molar-refractivity contribution is 0.0999. The molecule has 1 heterocycles. The molecule has 0 spiro atoms. The number of halogens is 1. The monoisotopic (exact) mass is 265 g/mol. The Hall–Kier alpha value is -1.62. The molecule has 0 unspecified atom stereocenters. The van der Waals surface area contributed by atoms with Crippen LogP contribution >= 0.6 is 15.9 Å². The zero-order valence-corrected chi connectivity index (χ0v) is 9.31. The molecule has 2 rings (SSSR count). The maximum absolute atomic E-state index is 11.0. The van der Waals surface area contributed by atoms with Gasteiger partial charge in [0, 0.05) is 16.9 Å². The first-order valence-corrected chi connectivity index (χ1v) is 5.07. The molecule has 0 fully saturated rings. The normalized spacial score (nSPS) is 10.2. The molecule has 2 aromatic rings. The lowest BCUT2D eigenvalue weighted by Gasteiger charge is -2.04. The summed E-state index contributed by atoms with van der Waals surface area (Å²) in [4.78, 5) is 11.0. The lowest BCUT2D eigenvalue weighted by Crippen LogP contribution is -2.11. The van der Waals surface area contributed by atoms with Crippen molar-refractivity contribution in [1.82, 2.24) is 9.78 Å². The highest BCUT2D eigenvalue weighted by Gasteiger charge is 2.07. The Kier molecular flexibility index (Phi) is 2.55. The van der Waals surface area contributed by atoms with Crippen LogP contribution < -0.4 is 5.73 Å². The first-order valence-electron chi connectivity index (χ1n) is 4.28. The van der Waals surface area contributed by atoms with Crippen molar-refractivity contribution >= 4 is 21.8 Å². The second kappa shape index (κ2) is 3.86. The summed E-state index contributed by atoms with van der Waals surface area (Å²) in [7, 11) is 0. The average Bonchev–Trinajstić information content (AvgIpc) is 2.69. The van der Waals surface area contributed by atoms with Crippen molar-refractivity contribution in [3.63, 3.8) is 0 Å². The molecule has 0 aliphatic carbocycles. The van der Waals surface area contributed by atoms with Crippen LogP contribution in [0.25, 0.3) is 5.69 Å². The molecule has 76 valence electrons. The molecule has 0 aliphatic heterocycles. The number of hydrogen-bond donors (Lipinski definition) is 1. The van der Waals surface area contributed by atoms with Gasteiger partial charge in [-0.15, -0.1) is 0 Å². The Morgan fingerprint density at radius 1 is 1.47 bits per heavy atom. The number of nitrogens with two attached hydrogens (primary N) is 1. The van der Waals surface area contributed by atoms with Gasteiger partial charge in [0.2, 0.25) is 5.91 Å². The molecule has 2 N–H and O–H groups in total. The Balaban J connectivity index is 2.47. The molecule has 0 bridgehead atoms. The van der Waals surface area contributed by atoms with Crippen LogP contribution in [0.5, 0.6) is 0 Å². The summed E-state index contributed by atoms with van der Waals surface area (Å²) < 4.78 is 2.37. The molecule has 15 heavy (non-hydrogen) atoms. The smallest absolute Gasteiger partial charge is 0.249 e. The number of rotatable bonds is 2. The van der Waals surface area contributed by atoms with Gasteiger partial charge in [-0.2, -0.15) is 5.10 Å². The first kappa shape index (κ1) is 9.92. The van der Waals surface area contributed by atoms with Gasteiger partial charge in [0.05, 0.1) is 11.3 Å². The maximum Gasteiger partial charge on any atom is 0.249 e. The molecule has 1 aromatic heterocycles. The van der Waals surface area contributed by atoms with E-state index in [1.807, 2.05) is 12.3 Å². The summed E-state index contributed by atoms with van der Waals surface area (Å²) in [6.45, 7) is 0. The van der Waals surface area contributed by atoms with Crippen molar-refractivity contribution in [3.8, 4) is 5.69 Å². The minimum atomic E-state index is -0.450. The second-order valence-corrected chi connectivity index (χ2v) is 3.83. The van der Waals surface area contributed by atoms with Crippen LogP contribution in [0.3, 0.4) is 0 Å². The van der Waals surface area contributed by atoms with E-state index in [4.69, 9.17) is 5.73 Å². The van der Waals surface area contributed by atoms with E-state index in [1.54, 1.807) is 29.1 Å². The zero-order chi connectivity index (χ0) is 10.8. The Labute approximate surface area is 94.8 Å². The highest BCUT2D eigenvalue weighted by Crippen LogP contribution is 2.20. The molecule has 0 saturated heterocycles. The molecule has 0 radical (unpaired) electrons. The van der Waals surface area contributed by atoms with Crippen LogP contribution in [0.1, 0.15) is 10.4 Å². The number of carbonyl (C=O) groups is 1. The Bertz CT molecular complexity index is 493. The van der Waals surface area contributed by atoms with Gasteiger partial charge in [-0.1, -0.05) is 0 Å². The Morgan fingerprint density at radius 3 is 2.80 bits per heavy atom. The van der Waals surface area contributed by atoms with Crippen molar-refractivity contribution in [2.75, 3.05) is 0 Å². The standard InChI is InChI=1S/C10H8BrN3O/c11-9-6-7(14-5-1-4-13-14)2-3-8(9)10(12)15/h1-6H,(H2,12,15). The average molecular weight is 266 g/mol. The van der Waals surface area contributed by atoms with E-state index in [-0.39, 0.29) is 0 Å². The molecule has 1 amide bonds. The van der Waals surface area contributed by atoms with Crippen molar-refractivity contribution in [2.45, 2.75) is 0 Å². The first-order chi connectivity index (χ1) is 7.18. The molecule has 1 aromatic carbocycles. The quantitative estimate of drug-likeness (QED) is 0.899. The lowest BCUT2D eigenvalue weighted by atomic mass is 10.2. The van der Waals surface area contributed by atoms with Gasteiger partial charge in [-0.25, -0.2) is 4.68 Å². The van der Waals surface area contributed by atoms with E-state index in [1.165, 1.54) is 0 Å². The van der Waals surface area contributed by atoms with Crippen LogP contribution in [0.4, 0.5) is 0 Å². The fourth-order valence-electron chi connectivity index (χ4n) is 1.27. The molecular weight excluding hydrogens is 258 g/mol. The van der Waals surface area contributed by atoms with Crippen molar-refractivity contribution in [2.24, 2.45) is 5.73 Å². The summed E-state index contributed by atoms with van der Waals surface area (Å²) in [5, 5.41) is 4.08. The van der Waals surface area contributed by atoms with Gasteiger partial charge in [0.15, 0.2) is 0 Å². The maximum atomic E-state index is 11.0. The van der Waals surface area contributed by atoms with Gasteiger partial charge in [-0.05, 0) is 40.2 Å². The number of aromatic nitrogens is 2. The predicted octanol–water partition coefficient (Wildman–Crippen LogP) is 1.73. The van der Waals surface area contributed by atoms with E-state index in [9.17, 15) is 4.79 Å². The number of amides is 1. The predicted molar refractivity (Wildman–Crippen MR) is 59.8 cm³/mol. The topological polar surface area (TPSA) is 60.9 Å². The van der Waals surface area contributed by atoms with Gasteiger partial charge in [0.1, 0.15) is 0 Å². The van der Waals surface area contributed by atoms with Gasteiger partial charge >= 0.3 is 0 Å². The molecule has 4 nitrogen and oxygen atoms in total. The third-order valence-corrected chi connectivity index (χ3v) is 2.64. The van der Waals surface area contributed by atoms with Crippen molar-refractivity contribution in [3.05, 3.63) is 46.7 Å². The van der Waals surface area contributed by atoms with Crippen molar-refractivity contribution < 1.29 is 4.79 Å². The van der Waals surface area contributed by atoms with Crippen LogP contribution in [-0.2, 0) is 0 Å². The molecule has 0 atom stereocenters. The number of nitrogens with zero attached hydrogens (tertiary/aromatic N) is 2. The van der Waals surface area contributed by atoms with E-state index < -0.39 is 5.91 Å². The fraction of sp³-hybridized carbons (Fsp3) is 0. The summed E-state index contributed by atoms with van der Waals surface area (Å²) in [5.74, 6) is -0.450. The number of carbonyl (C=O) groups excluding carboxylic acids is 1. The zero-order valence-electron chi connectivity index (χ0n) is 7.72. The number of hydrogen-bond acceptors (Lipinski definition) is 2. The van der Waals surface area contributed by atoms with Crippen LogP contribution in [0.15, 0.2) is 41.1 Å². The van der Waals surface area contributed by atoms with E-state index in [0.717, 1.165) is 5.69 Å². The summed E-state index contributed by atoms with van der Waals surface area (Å²) in [5.41, 5.74) is 6.53. The highest BCUT2D eigenvalue weighted by molar-refractivity contribution is 9.10. The molecular formula is C10H8BrN3O. The van der Waals surface area contributed by atoms with E-state index in [0.29, 0.717) is 10.0 Å². The number of primary amides is 1. The third-order valence-electron chi connectivity index (χ3n) is 1.99. The van der Waals surface area contributed by atoms with Crippen molar-refractivity contribution in [1.29, 1.82) is 0 Å². The Morgan fingerprint density at radius 2 is 2.27 bits per heavy atom. The summed E-state index contributed by atoms with van der Waals surface area (Å²) >= 11 is 3.29. The van der Waals surface area contributed by atoms with E-state index in [2.05, 4.69) is 21.0 Å². The second-order valence-electron chi connectivity index (χ2n) is 2.98. The highest BCUT2D eigenvalue weighted by atomic mass is 79.9. The summed E-state index contributed by atoms with van der Waals surface area (Å²) in [6.07, 6.45) is 3.52. The number of benzene rings is 1. The van der Waals surface area contributed by atoms with Crippen LogP contribution in [0, 0.1) is 0 Å². The van der Waals surface area contributed by atoms with Gasteiger partial charge in [-0.3, -0.25) is 4.79 Å².